The number of benzene rings is 1. The van der Waals surface area contributed by atoms with Crippen molar-refractivity contribution in [2.75, 3.05) is 13.1 Å². The predicted octanol–water partition coefficient (Wildman–Crippen LogP) is 2.88. The number of hydrogen-bond acceptors (Lipinski definition) is 2. The fraction of sp³-hybridized carbons (Fsp3) is 0.579. The van der Waals surface area contributed by atoms with Gasteiger partial charge in [0, 0.05) is 12.5 Å². The number of rotatable bonds is 4. The molecule has 1 saturated carbocycles. The van der Waals surface area contributed by atoms with Crippen LogP contribution in [-0.2, 0) is 9.59 Å². The molecule has 1 aliphatic carbocycles. The summed E-state index contributed by atoms with van der Waals surface area (Å²) >= 11 is 0. The SMILES string of the molecule is Cc1cccc([C@H]2CCCCN2C(=O)CNC(=O)C2CC2)c1C. The van der Waals surface area contributed by atoms with Crippen LogP contribution in [0.15, 0.2) is 18.2 Å². The van der Waals surface area contributed by atoms with E-state index in [9.17, 15) is 9.59 Å². The first-order valence-corrected chi connectivity index (χ1v) is 8.71. The molecular formula is C19H26N2O2. The minimum Gasteiger partial charge on any atom is -0.347 e. The summed E-state index contributed by atoms with van der Waals surface area (Å²) in [6.45, 7) is 5.17. The van der Waals surface area contributed by atoms with Crippen molar-refractivity contribution >= 4 is 11.8 Å². The summed E-state index contributed by atoms with van der Waals surface area (Å²) in [5.74, 6) is 0.238. The molecule has 0 aromatic heterocycles. The molecule has 2 amide bonds. The first-order chi connectivity index (χ1) is 11.1. The van der Waals surface area contributed by atoms with Crippen molar-refractivity contribution in [3.05, 3.63) is 34.9 Å². The molecule has 124 valence electrons. The molecule has 2 fully saturated rings. The normalized spacial score (nSPS) is 21.1. The maximum absolute atomic E-state index is 12.6. The highest BCUT2D eigenvalue weighted by Crippen LogP contribution is 2.33. The summed E-state index contributed by atoms with van der Waals surface area (Å²) in [6.07, 6.45) is 5.14. The van der Waals surface area contributed by atoms with Crippen molar-refractivity contribution in [2.24, 2.45) is 5.92 Å². The second-order valence-corrected chi connectivity index (χ2v) is 6.88. The van der Waals surface area contributed by atoms with E-state index in [-0.39, 0.29) is 30.3 Å². The number of amides is 2. The van der Waals surface area contributed by atoms with Gasteiger partial charge in [0.15, 0.2) is 0 Å². The third kappa shape index (κ3) is 3.57. The van der Waals surface area contributed by atoms with Crippen LogP contribution in [0.4, 0.5) is 0 Å². The molecule has 1 aliphatic heterocycles. The molecule has 1 heterocycles. The monoisotopic (exact) mass is 314 g/mol. The van der Waals surface area contributed by atoms with E-state index in [0.717, 1.165) is 38.6 Å². The summed E-state index contributed by atoms with van der Waals surface area (Å²) in [6, 6.07) is 6.48. The lowest BCUT2D eigenvalue weighted by Gasteiger charge is -2.37. The Hall–Kier alpha value is -1.84. The number of carbonyl (C=O) groups excluding carboxylic acids is 2. The van der Waals surface area contributed by atoms with E-state index in [2.05, 4.69) is 37.4 Å². The number of aryl methyl sites for hydroxylation is 1. The van der Waals surface area contributed by atoms with Crippen molar-refractivity contribution < 1.29 is 9.59 Å². The van der Waals surface area contributed by atoms with Gasteiger partial charge in [-0.05, 0) is 62.6 Å². The highest BCUT2D eigenvalue weighted by molar-refractivity contribution is 5.87. The van der Waals surface area contributed by atoms with Gasteiger partial charge in [-0.15, -0.1) is 0 Å². The van der Waals surface area contributed by atoms with Gasteiger partial charge in [0.2, 0.25) is 11.8 Å². The van der Waals surface area contributed by atoms with E-state index in [1.54, 1.807) is 0 Å². The minimum absolute atomic E-state index is 0.0404. The van der Waals surface area contributed by atoms with Crippen LogP contribution >= 0.6 is 0 Å². The molecule has 4 heteroatoms. The lowest BCUT2D eigenvalue weighted by molar-refractivity contribution is -0.136. The summed E-state index contributed by atoms with van der Waals surface area (Å²) in [4.78, 5) is 26.4. The highest BCUT2D eigenvalue weighted by Gasteiger charge is 2.32. The Morgan fingerprint density at radius 1 is 1.17 bits per heavy atom. The Kier molecular flexibility index (Phi) is 4.69. The molecule has 23 heavy (non-hydrogen) atoms. The largest absolute Gasteiger partial charge is 0.347 e. The quantitative estimate of drug-likeness (QED) is 0.929. The van der Waals surface area contributed by atoms with Crippen LogP contribution in [0.1, 0.15) is 54.8 Å². The lowest BCUT2D eigenvalue weighted by Crippen LogP contribution is -2.44. The highest BCUT2D eigenvalue weighted by atomic mass is 16.2. The Morgan fingerprint density at radius 2 is 1.96 bits per heavy atom. The zero-order valence-electron chi connectivity index (χ0n) is 14.1. The summed E-state index contributed by atoms with van der Waals surface area (Å²) < 4.78 is 0. The average molecular weight is 314 g/mol. The lowest BCUT2D eigenvalue weighted by atomic mass is 9.90. The fourth-order valence-corrected chi connectivity index (χ4v) is 3.44. The first kappa shape index (κ1) is 16.0. The third-order valence-corrected chi connectivity index (χ3v) is 5.19. The van der Waals surface area contributed by atoms with E-state index in [1.807, 2.05) is 4.90 Å². The molecule has 4 nitrogen and oxygen atoms in total. The molecule has 1 aromatic rings. The Labute approximate surface area is 138 Å². The van der Waals surface area contributed by atoms with Crippen molar-refractivity contribution in [3.63, 3.8) is 0 Å². The van der Waals surface area contributed by atoms with Crippen molar-refractivity contribution in [1.29, 1.82) is 0 Å². The van der Waals surface area contributed by atoms with Gasteiger partial charge >= 0.3 is 0 Å². The number of nitrogens with zero attached hydrogens (tertiary/aromatic N) is 1. The van der Waals surface area contributed by atoms with Gasteiger partial charge in [0.1, 0.15) is 0 Å². The van der Waals surface area contributed by atoms with E-state index in [1.165, 1.54) is 16.7 Å². The van der Waals surface area contributed by atoms with Gasteiger partial charge < -0.3 is 10.2 Å². The Balaban J connectivity index is 1.71. The van der Waals surface area contributed by atoms with Gasteiger partial charge in [-0.1, -0.05) is 18.2 Å². The zero-order valence-corrected chi connectivity index (χ0v) is 14.1. The maximum Gasteiger partial charge on any atom is 0.242 e. The van der Waals surface area contributed by atoms with Crippen LogP contribution in [0, 0.1) is 19.8 Å². The van der Waals surface area contributed by atoms with Gasteiger partial charge in [0.05, 0.1) is 12.6 Å². The van der Waals surface area contributed by atoms with Crippen molar-refractivity contribution in [1.82, 2.24) is 10.2 Å². The summed E-state index contributed by atoms with van der Waals surface area (Å²) in [5.41, 5.74) is 3.80. The van der Waals surface area contributed by atoms with E-state index >= 15 is 0 Å². The van der Waals surface area contributed by atoms with Crippen LogP contribution in [0.5, 0.6) is 0 Å². The van der Waals surface area contributed by atoms with Crippen LogP contribution in [0.25, 0.3) is 0 Å². The van der Waals surface area contributed by atoms with Crippen LogP contribution in [0.3, 0.4) is 0 Å². The predicted molar refractivity (Wildman–Crippen MR) is 90.0 cm³/mol. The third-order valence-electron chi connectivity index (χ3n) is 5.19. The fourth-order valence-electron chi connectivity index (χ4n) is 3.44. The molecule has 0 bridgehead atoms. The van der Waals surface area contributed by atoms with Crippen LogP contribution in [-0.4, -0.2) is 29.8 Å². The minimum atomic E-state index is 0.0404. The molecule has 0 unspecified atom stereocenters. The Morgan fingerprint density at radius 3 is 2.70 bits per heavy atom. The standard InChI is InChI=1S/C19H26N2O2/c1-13-6-5-7-16(14(13)2)17-8-3-4-11-21(17)18(22)12-20-19(23)15-9-10-15/h5-7,15,17H,3-4,8-12H2,1-2H3,(H,20,23)/t17-/m1/s1. The van der Waals surface area contributed by atoms with Crippen LogP contribution in [0.2, 0.25) is 0 Å². The Bertz CT molecular complexity index is 607. The number of hydrogen-bond donors (Lipinski definition) is 1. The molecule has 1 atom stereocenters. The maximum atomic E-state index is 12.6. The van der Waals surface area contributed by atoms with Crippen molar-refractivity contribution in [2.45, 2.75) is 52.0 Å². The summed E-state index contributed by atoms with van der Waals surface area (Å²) in [7, 11) is 0. The number of nitrogens with one attached hydrogen (secondary N) is 1. The van der Waals surface area contributed by atoms with E-state index in [0.29, 0.717) is 0 Å². The number of likely N-dealkylation sites (tertiary alicyclic amines) is 1. The van der Waals surface area contributed by atoms with E-state index in [4.69, 9.17) is 0 Å². The molecule has 1 aromatic carbocycles. The van der Waals surface area contributed by atoms with Gasteiger partial charge in [-0.2, -0.15) is 0 Å². The van der Waals surface area contributed by atoms with Gasteiger partial charge in [0.25, 0.3) is 0 Å². The smallest absolute Gasteiger partial charge is 0.242 e. The molecule has 0 spiro atoms. The van der Waals surface area contributed by atoms with Crippen LogP contribution < -0.4 is 5.32 Å². The zero-order chi connectivity index (χ0) is 16.4. The topological polar surface area (TPSA) is 49.4 Å². The molecule has 3 rings (SSSR count). The second kappa shape index (κ2) is 6.73. The first-order valence-electron chi connectivity index (χ1n) is 8.71. The number of carbonyl (C=O) groups is 2. The number of piperidine rings is 1. The molecule has 1 saturated heterocycles. The van der Waals surface area contributed by atoms with Crippen molar-refractivity contribution in [3.8, 4) is 0 Å². The second-order valence-electron chi connectivity index (χ2n) is 6.88. The van der Waals surface area contributed by atoms with E-state index < -0.39 is 0 Å². The van der Waals surface area contributed by atoms with Gasteiger partial charge in [-0.25, -0.2) is 0 Å². The molecule has 1 N–H and O–H groups in total. The molecule has 2 aliphatic rings. The average Bonchev–Trinajstić information content (AvgIpc) is 3.40. The molecular weight excluding hydrogens is 288 g/mol. The summed E-state index contributed by atoms with van der Waals surface area (Å²) in [5, 5.41) is 2.81. The molecule has 0 radical (unpaired) electrons. The van der Waals surface area contributed by atoms with Gasteiger partial charge in [-0.3, -0.25) is 9.59 Å².